The number of carbonyl (C=O) groups is 3. The van der Waals surface area contributed by atoms with Crippen LogP contribution in [0.15, 0.2) is 58.9 Å². The number of fused-ring (bicyclic) bond motifs is 1. The first kappa shape index (κ1) is 21.3. The number of rotatable bonds is 5. The van der Waals surface area contributed by atoms with Crippen molar-refractivity contribution in [3.63, 3.8) is 0 Å². The SMILES string of the molecule is COc1ccc(N2C(=O)[C@@H]3[C@@H](N=NN3CC(=O)Nc3cccc(C(F)(F)F)c3)C2=O)cc1. The zero-order valence-electron chi connectivity index (χ0n) is 16.5. The van der Waals surface area contributed by atoms with Gasteiger partial charge in [-0.05, 0) is 42.5 Å². The van der Waals surface area contributed by atoms with Crippen LogP contribution in [-0.4, -0.2) is 48.5 Å². The van der Waals surface area contributed by atoms with Crippen LogP contribution >= 0.6 is 0 Å². The van der Waals surface area contributed by atoms with Crippen LogP contribution in [0.3, 0.4) is 0 Å². The van der Waals surface area contributed by atoms with Crippen LogP contribution in [0.25, 0.3) is 0 Å². The van der Waals surface area contributed by atoms with Crippen molar-refractivity contribution in [2.75, 3.05) is 23.9 Å². The molecule has 2 aromatic rings. The van der Waals surface area contributed by atoms with Gasteiger partial charge in [-0.1, -0.05) is 11.3 Å². The Morgan fingerprint density at radius 1 is 1.12 bits per heavy atom. The van der Waals surface area contributed by atoms with Crippen molar-refractivity contribution in [3.05, 3.63) is 54.1 Å². The largest absolute Gasteiger partial charge is 0.497 e. The van der Waals surface area contributed by atoms with Crippen LogP contribution in [0, 0.1) is 0 Å². The lowest BCUT2D eigenvalue weighted by atomic mass is 10.1. The molecule has 4 rings (SSSR count). The van der Waals surface area contributed by atoms with Crippen LogP contribution in [0.1, 0.15) is 5.56 Å². The zero-order chi connectivity index (χ0) is 23.0. The molecular formula is C20H16F3N5O4. The Kier molecular flexibility index (Phi) is 5.28. The third-order valence-electron chi connectivity index (χ3n) is 4.97. The van der Waals surface area contributed by atoms with Gasteiger partial charge in [0, 0.05) is 5.69 Å². The van der Waals surface area contributed by atoms with Crippen molar-refractivity contribution in [2.24, 2.45) is 10.3 Å². The Balaban J connectivity index is 1.46. The minimum absolute atomic E-state index is 0.0637. The number of halogens is 3. The van der Waals surface area contributed by atoms with Crippen molar-refractivity contribution >= 4 is 29.1 Å². The van der Waals surface area contributed by atoms with Crippen LogP contribution in [0.2, 0.25) is 0 Å². The van der Waals surface area contributed by atoms with Gasteiger partial charge in [0.1, 0.15) is 12.3 Å². The second-order valence-electron chi connectivity index (χ2n) is 7.03. The van der Waals surface area contributed by atoms with E-state index in [2.05, 4.69) is 15.7 Å². The van der Waals surface area contributed by atoms with Gasteiger partial charge in [-0.2, -0.15) is 18.3 Å². The van der Waals surface area contributed by atoms with E-state index < -0.39 is 48.1 Å². The number of hydrogen-bond acceptors (Lipinski definition) is 7. The molecule has 0 spiro atoms. The highest BCUT2D eigenvalue weighted by atomic mass is 19.4. The molecule has 0 bridgehead atoms. The maximum atomic E-state index is 12.9. The van der Waals surface area contributed by atoms with Gasteiger partial charge in [0.15, 0.2) is 12.1 Å². The molecule has 32 heavy (non-hydrogen) atoms. The number of ether oxygens (including phenoxy) is 1. The normalized spacial score (nSPS) is 20.0. The molecule has 0 radical (unpaired) electrons. The first-order valence-corrected chi connectivity index (χ1v) is 9.35. The van der Waals surface area contributed by atoms with E-state index >= 15 is 0 Å². The molecule has 2 aromatic carbocycles. The summed E-state index contributed by atoms with van der Waals surface area (Å²) in [6.45, 7) is -0.476. The summed E-state index contributed by atoms with van der Waals surface area (Å²) in [5.74, 6) is -1.37. The van der Waals surface area contributed by atoms with E-state index in [4.69, 9.17) is 4.74 Å². The predicted molar refractivity (Wildman–Crippen MR) is 105 cm³/mol. The zero-order valence-corrected chi connectivity index (χ0v) is 16.5. The Labute approximate surface area is 179 Å². The highest BCUT2D eigenvalue weighted by Crippen LogP contribution is 2.33. The van der Waals surface area contributed by atoms with Gasteiger partial charge in [-0.25, -0.2) is 4.90 Å². The molecule has 1 saturated heterocycles. The van der Waals surface area contributed by atoms with E-state index in [-0.39, 0.29) is 5.69 Å². The van der Waals surface area contributed by atoms with E-state index in [1.165, 1.54) is 25.3 Å². The monoisotopic (exact) mass is 447 g/mol. The number of carbonyl (C=O) groups excluding carboxylic acids is 3. The number of nitrogens with one attached hydrogen (secondary N) is 1. The maximum Gasteiger partial charge on any atom is 0.416 e. The predicted octanol–water partition coefficient (Wildman–Crippen LogP) is 2.65. The van der Waals surface area contributed by atoms with Crippen LogP contribution in [0.4, 0.5) is 24.5 Å². The van der Waals surface area contributed by atoms with Crippen LogP contribution < -0.4 is 15.0 Å². The molecule has 9 nitrogen and oxygen atoms in total. The highest BCUT2D eigenvalue weighted by Gasteiger charge is 2.55. The van der Waals surface area contributed by atoms with E-state index in [0.717, 1.165) is 28.1 Å². The fraction of sp³-hybridized carbons (Fsp3) is 0.250. The molecule has 2 heterocycles. The molecule has 1 N–H and O–H groups in total. The van der Waals surface area contributed by atoms with Crippen LogP contribution in [0.5, 0.6) is 5.75 Å². The number of benzene rings is 2. The molecule has 1 fully saturated rings. The number of imide groups is 1. The number of hydrogen-bond donors (Lipinski definition) is 1. The lowest BCUT2D eigenvalue weighted by Gasteiger charge is -2.20. The first-order chi connectivity index (χ1) is 15.2. The molecule has 166 valence electrons. The Hall–Kier alpha value is -3.96. The smallest absolute Gasteiger partial charge is 0.416 e. The summed E-state index contributed by atoms with van der Waals surface area (Å²) in [5, 5.41) is 10.9. The molecular weight excluding hydrogens is 431 g/mol. The Bertz CT molecular complexity index is 1100. The Morgan fingerprint density at radius 2 is 1.84 bits per heavy atom. The summed E-state index contributed by atoms with van der Waals surface area (Å²) in [6, 6.07) is 8.18. The van der Waals surface area contributed by atoms with Gasteiger partial charge >= 0.3 is 6.18 Å². The number of alkyl halides is 3. The average molecular weight is 447 g/mol. The third kappa shape index (κ3) is 3.86. The first-order valence-electron chi connectivity index (χ1n) is 9.35. The number of amides is 3. The minimum Gasteiger partial charge on any atom is -0.497 e. The molecule has 3 amide bonds. The van der Waals surface area contributed by atoms with E-state index in [1.54, 1.807) is 12.1 Å². The van der Waals surface area contributed by atoms with Crippen molar-refractivity contribution in [1.29, 1.82) is 0 Å². The summed E-state index contributed by atoms with van der Waals surface area (Å²) in [6.07, 6.45) is -4.56. The second-order valence-corrected chi connectivity index (χ2v) is 7.03. The number of nitrogens with zero attached hydrogens (tertiary/aromatic N) is 4. The molecule has 12 heteroatoms. The Morgan fingerprint density at radius 3 is 2.50 bits per heavy atom. The summed E-state index contributed by atoms with van der Waals surface area (Å²) >= 11 is 0. The summed E-state index contributed by atoms with van der Waals surface area (Å²) in [5.41, 5.74) is -0.659. The summed E-state index contributed by atoms with van der Waals surface area (Å²) in [4.78, 5) is 38.9. The van der Waals surface area contributed by atoms with Crippen LogP contribution in [-0.2, 0) is 20.6 Å². The standard InChI is InChI=1S/C20H16F3N5O4/c1-32-14-7-5-13(6-8-14)28-18(30)16-17(19(28)31)27(26-25-16)10-15(29)24-12-4-2-3-11(9-12)20(21,22)23/h2-9,16-17H,10H2,1H3,(H,24,29)/t16-,17+/m1/s1. The summed E-state index contributed by atoms with van der Waals surface area (Å²) < 4.78 is 43.6. The quantitative estimate of drug-likeness (QED) is 0.710. The number of anilines is 2. The maximum absolute atomic E-state index is 12.9. The number of methoxy groups -OCH3 is 1. The molecule has 2 aliphatic heterocycles. The van der Waals surface area contributed by atoms with Crippen molar-refractivity contribution in [2.45, 2.75) is 18.3 Å². The molecule has 2 atom stereocenters. The van der Waals surface area contributed by atoms with Crippen molar-refractivity contribution in [3.8, 4) is 5.75 Å². The van der Waals surface area contributed by atoms with Gasteiger partial charge in [0.2, 0.25) is 5.91 Å². The van der Waals surface area contributed by atoms with Gasteiger partial charge in [0.25, 0.3) is 11.8 Å². The molecule has 0 unspecified atom stereocenters. The molecule has 0 saturated carbocycles. The second kappa shape index (κ2) is 7.94. The molecule has 0 aromatic heterocycles. The van der Waals surface area contributed by atoms with Crippen molar-refractivity contribution < 1.29 is 32.3 Å². The highest BCUT2D eigenvalue weighted by molar-refractivity contribution is 6.25. The summed E-state index contributed by atoms with van der Waals surface area (Å²) in [7, 11) is 1.48. The molecule has 0 aliphatic carbocycles. The van der Waals surface area contributed by atoms with E-state index in [9.17, 15) is 27.6 Å². The lowest BCUT2D eigenvalue weighted by molar-refractivity contribution is -0.137. The molecule has 2 aliphatic rings. The van der Waals surface area contributed by atoms with Gasteiger partial charge < -0.3 is 10.1 Å². The van der Waals surface area contributed by atoms with Gasteiger partial charge in [-0.15, -0.1) is 0 Å². The van der Waals surface area contributed by atoms with Crippen molar-refractivity contribution in [1.82, 2.24) is 5.01 Å². The minimum atomic E-state index is -4.56. The van der Waals surface area contributed by atoms with E-state index in [1.807, 2.05) is 0 Å². The average Bonchev–Trinajstić information content (AvgIpc) is 3.27. The third-order valence-corrected chi connectivity index (χ3v) is 4.97. The van der Waals surface area contributed by atoms with E-state index in [0.29, 0.717) is 11.4 Å². The van der Waals surface area contributed by atoms with Gasteiger partial charge in [-0.3, -0.25) is 19.4 Å². The topological polar surface area (TPSA) is 104 Å². The van der Waals surface area contributed by atoms with Gasteiger partial charge in [0.05, 0.1) is 18.4 Å². The fourth-order valence-corrected chi connectivity index (χ4v) is 3.46. The fourth-order valence-electron chi connectivity index (χ4n) is 3.46. The lowest BCUT2D eigenvalue weighted by Crippen LogP contribution is -2.43.